The summed E-state index contributed by atoms with van der Waals surface area (Å²) in [5.74, 6) is -1.14. The van der Waals surface area contributed by atoms with Crippen molar-refractivity contribution in [3.8, 4) is 5.88 Å². The van der Waals surface area contributed by atoms with Gasteiger partial charge in [-0.3, -0.25) is 0 Å². The Labute approximate surface area is 85.8 Å². The second-order valence-electron chi connectivity index (χ2n) is 2.86. The maximum absolute atomic E-state index is 10.4. The fraction of sp³-hybridized carbons (Fsp3) is 0.333. The fourth-order valence-corrected chi connectivity index (χ4v) is 1.00. The highest BCUT2D eigenvalue weighted by Gasteiger charge is 2.25. The molecule has 6 nitrogen and oxygen atoms in total. The number of rotatable bonds is 4. The minimum Gasteiger partial charge on any atom is -0.481 e. The molecular formula is C9H11NO5. The van der Waals surface area contributed by atoms with Crippen LogP contribution in [0.15, 0.2) is 18.3 Å². The molecule has 0 bridgehead atoms. The summed E-state index contributed by atoms with van der Waals surface area (Å²) in [6, 6.07) is 2.90. The van der Waals surface area contributed by atoms with Crippen LogP contribution in [0, 0.1) is 0 Å². The van der Waals surface area contributed by atoms with Gasteiger partial charge in [-0.2, -0.15) is 0 Å². The van der Waals surface area contributed by atoms with E-state index in [9.17, 15) is 9.90 Å². The van der Waals surface area contributed by atoms with Gasteiger partial charge in [0.2, 0.25) is 5.88 Å². The molecular weight excluding hydrogens is 202 g/mol. The van der Waals surface area contributed by atoms with Gasteiger partial charge >= 0.3 is 5.97 Å². The second kappa shape index (κ2) is 4.72. The number of methoxy groups -OCH3 is 1. The molecule has 2 atom stereocenters. The number of carboxylic acids is 1. The third-order valence-corrected chi connectivity index (χ3v) is 1.86. The molecule has 2 unspecified atom stereocenters. The summed E-state index contributed by atoms with van der Waals surface area (Å²) in [6.07, 6.45) is -2.11. The van der Waals surface area contributed by atoms with Gasteiger partial charge in [0.05, 0.1) is 7.11 Å². The van der Waals surface area contributed by atoms with Crippen LogP contribution in [0.5, 0.6) is 5.88 Å². The first-order valence-corrected chi connectivity index (χ1v) is 4.15. The van der Waals surface area contributed by atoms with Crippen LogP contribution in [0.3, 0.4) is 0 Å². The van der Waals surface area contributed by atoms with Gasteiger partial charge < -0.3 is 20.1 Å². The van der Waals surface area contributed by atoms with E-state index in [-0.39, 0.29) is 5.56 Å². The molecule has 6 heteroatoms. The number of hydrogen-bond acceptors (Lipinski definition) is 5. The zero-order valence-corrected chi connectivity index (χ0v) is 7.99. The summed E-state index contributed by atoms with van der Waals surface area (Å²) < 4.78 is 4.79. The van der Waals surface area contributed by atoms with E-state index < -0.39 is 18.2 Å². The first-order valence-electron chi connectivity index (χ1n) is 4.15. The van der Waals surface area contributed by atoms with E-state index in [0.717, 1.165) is 0 Å². The number of hydrogen-bond donors (Lipinski definition) is 3. The van der Waals surface area contributed by atoms with Crippen LogP contribution in [0.1, 0.15) is 11.7 Å². The predicted octanol–water partition coefficient (Wildman–Crippen LogP) is -0.431. The molecule has 0 amide bonds. The average Bonchev–Trinajstić information content (AvgIpc) is 2.27. The molecule has 0 saturated heterocycles. The summed E-state index contributed by atoms with van der Waals surface area (Å²) >= 11 is 0. The number of pyridine rings is 1. The Morgan fingerprint density at radius 2 is 2.13 bits per heavy atom. The molecule has 0 aliphatic heterocycles. The summed E-state index contributed by atoms with van der Waals surface area (Å²) in [5, 5.41) is 26.9. The number of aromatic nitrogens is 1. The summed E-state index contributed by atoms with van der Waals surface area (Å²) in [7, 11) is 1.44. The molecule has 0 saturated carbocycles. The van der Waals surface area contributed by atoms with Gasteiger partial charge in [0, 0.05) is 17.8 Å². The lowest BCUT2D eigenvalue weighted by molar-refractivity contribution is -0.153. The van der Waals surface area contributed by atoms with Crippen molar-refractivity contribution in [2.24, 2.45) is 0 Å². The van der Waals surface area contributed by atoms with Crippen LogP contribution < -0.4 is 4.74 Å². The van der Waals surface area contributed by atoms with E-state index >= 15 is 0 Å². The highest BCUT2D eigenvalue weighted by molar-refractivity contribution is 5.73. The number of nitrogens with zero attached hydrogens (tertiary/aromatic N) is 1. The quantitative estimate of drug-likeness (QED) is 0.627. The van der Waals surface area contributed by atoms with Gasteiger partial charge in [0.1, 0.15) is 6.10 Å². The average molecular weight is 213 g/mol. The van der Waals surface area contributed by atoms with Crippen molar-refractivity contribution < 1.29 is 24.9 Å². The smallest absolute Gasteiger partial charge is 0.335 e. The summed E-state index contributed by atoms with van der Waals surface area (Å²) in [4.78, 5) is 14.2. The van der Waals surface area contributed by atoms with Crippen molar-refractivity contribution in [3.05, 3.63) is 23.9 Å². The number of aliphatic carboxylic acids is 1. The number of carboxylic acid groups (broad SMARTS) is 1. The maximum Gasteiger partial charge on any atom is 0.335 e. The lowest BCUT2D eigenvalue weighted by atomic mass is 10.1. The standard InChI is InChI=1S/C9H11NO5/c1-15-6-3-2-5(4-10-6)7(11)8(12)9(13)14/h2-4,7-8,11-12H,1H3,(H,13,14). The third kappa shape index (κ3) is 2.64. The Hall–Kier alpha value is -1.66. The van der Waals surface area contributed by atoms with E-state index in [1.165, 1.54) is 25.4 Å². The van der Waals surface area contributed by atoms with Gasteiger partial charge in [0.15, 0.2) is 6.10 Å². The Bertz CT molecular complexity index is 337. The Kier molecular flexibility index (Phi) is 3.59. The minimum atomic E-state index is -1.86. The first-order chi connectivity index (χ1) is 7.06. The Balaban J connectivity index is 2.82. The normalized spacial score (nSPS) is 14.3. The second-order valence-corrected chi connectivity index (χ2v) is 2.86. The van der Waals surface area contributed by atoms with E-state index in [2.05, 4.69) is 4.98 Å². The fourth-order valence-electron chi connectivity index (χ4n) is 1.00. The third-order valence-electron chi connectivity index (χ3n) is 1.86. The molecule has 0 spiro atoms. The molecule has 0 fully saturated rings. The molecule has 15 heavy (non-hydrogen) atoms. The zero-order chi connectivity index (χ0) is 11.4. The zero-order valence-electron chi connectivity index (χ0n) is 7.99. The highest BCUT2D eigenvalue weighted by atomic mass is 16.5. The number of ether oxygens (including phenoxy) is 1. The van der Waals surface area contributed by atoms with Crippen LogP contribution in [0.4, 0.5) is 0 Å². The number of carbonyl (C=O) groups is 1. The van der Waals surface area contributed by atoms with Gasteiger partial charge in [-0.05, 0) is 6.07 Å². The Morgan fingerprint density at radius 1 is 1.47 bits per heavy atom. The molecule has 1 aromatic rings. The predicted molar refractivity (Wildman–Crippen MR) is 49.4 cm³/mol. The van der Waals surface area contributed by atoms with Crippen molar-refractivity contribution in [1.82, 2.24) is 4.98 Å². The largest absolute Gasteiger partial charge is 0.481 e. The Morgan fingerprint density at radius 3 is 2.53 bits per heavy atom. The molecule has 1 heterocycles. The van der Waals surface area contributed by atoms with Crippen LogP contribution >= 0.6 is 0 Å². The topological polar surface area (TPSA) is 99.9 Å². The van der Waals surface area contributed by atoms with Crippen molar-refractivity contribution in [3.63, 3.8) is 0 Å². The van der Waals surface area contributed by atoms with E-state index in [1.807, 2.05) is 0 Å². The molecule has 0 radical (unpaired) electrons. The van der Waals surface area contributed by atoms with Gasteiger partial charge in [-0.25, -0.2) is 9.78 Å². The van der Waals surface area contributed by atoms with Crippen molar-refractivity contribution >= 4 is 5.97 Å². The molecule has 0 aliphatic rings. The van der Waals surface area contributed by atoms with E-state index in [1.54, 1.807) is 0 Å². The van der Waals surface area contributed by atoms with E-state index in [4.69, 9.17) is 14.9 Å². The van der Waals surface area contributed by atoms with E-state index in [0.29, 0.717) is 5.88 Å². The highest BCUT2D eigenvalue weighted by Crippen LogP contribution is 2.18. The summed E-state index contributed by atoms with van der Waals surface area (Å²) in [6.45, 7) is 0. The van der Waals surface area contributed by atoms with Gasteiger partial charge in [-0.1, -0.05) is 0 Å². The maximum atomic E-state index is 10.4. The SMILES string of the molecule is COc1ccc(C(O)C(O)C(=O)O)cn1. The van der Waals surface area contributed by atoms with Crippen molar-refractivity contribution in [1.29, 1.82) is 0 Å². The lowest BCUT2D eigenvalue weighted by Crippen LogP contribution is -2.27. The van der Waals surface area contributed by atoms with Crippen molar-refractivity contribution in [2.75, 3.05) is 7.11 Å². The van der Waals surface area contributed by atoms with Crippen LogP contribution in [0.2, 0.25) is 0 Å². The molecule has 3 N–H and O–H groups in total. The molecule has 0 aromatic carbocycles. The van der Waals surface area contributed by atoms with Crippen LogP contribution in [-0.4, -0.2) is 39.5 Å². The van der Waals surface area contributed by atoms with Crippen LogP contribution in [0.25, 0.3) is 0 Å². The lowest BCUT2D eigenvalue weighted by Gasteiger charge is -2.13. The molecule has 1 aromatic heterocycles. The van der Waals surface area contributed by atoms with Crippen molar-refractivity contribution in [2.45, 2.75) is 12.2 Å². The molecule has 0 aliphatic carbocycles. The van der Waals surface area contributed by atoms with Gasteiger partial charge in [-0.15, -0.1) is 0 Å². The number of aliphatic hydroxyl groups is 2. The molecule has 1 rings (SSSR count). The molecule has 82 valence electrons. The first kappa shape index (κ1) is 11.4. The van der Waals surface area contributed by atoms with Gasteiger partial charge in [0.25, 0.3) is 0 Å². The number of aliphatic hydroxyl groups excluding tert-OH is 2. The summed E-state index contributed by atoms with van der Waals surface area (Å²) in [5.41, 5.74) is 0.214. The monoisotopic (exact) mass is 213 g/mol. The van der Waals surface area contributed by atoms with Crippen LogP contribution in [-0.2, 0) is 4.79 Å². The minimum absolute atomic E-state index is 0.214.